The fourth-order valence-corrected chi connectivity index (χ4v) is 2.65. The number of hydrogen-bond donors (Lipinski definition) is 3. The minimum Gasteiger partial charge on any atom is -0.497 e. The van der Waals surface area contributed by atoms with Crippen molar-refractivity contribution in [2.45, 2.75) is 6.54 Å². The van der Waals surface area contributed by atoms with Crippen molar-refractivity contribution in [1.82, 2.24) is 20.9 Å². The largest absolute Gasteiger partial charge is 0.497 e. The van der Waals surface area contributed by atoms with Crippen LogP contribution < -0.4 is 20.7 Å². The molecule has 0 saturated carbocycles. The van der Waals surface area contributed by atoms with Gasteiger partial charge in [-0.1, -0.05) is 18.2 Å². The number of nitrogens with zero attached hydrogens (tertiary/aromatic N) is 2. The van der Waals surface area contributed by atoms with Crippen LogP contribution in [0.1, 0.15) is 26.3 Å². The molecule has 0 spiro atoms. The number of guanidine groups is 1. The van der Waals surface area contributed by atoms with Gasteiger partial charge in [0.15, 0.2) is 5.96 Å². The Morgan fingerprint density at radius 3 is 2.26 bits per heavy atom. The highest BCUT2D eigenvalue weighted by Gasteiger charge is 2.08. The zero-order valence-corrected chi connectivity index (χ0v) is 20.6. The van der Waals surface area contributed by atoms with Crippen LogP contribution in [0.2, 0.25) is 0 Å². The van der Waals surface area contributed by atoms with E-state index in [0.29, 0.717) is 42.5 Å². The van der Waals surface area contributed by atoms with Gasteiger partial charge >= 0.3 is 0 Å². The summed E-state index contributed by atoms with van der Waals surface area (Å²) >= 11 is 0. The molecule has 0 aromatic heterocycles. The van der Waals surface area contributed by atoms with Crippen LogP contribution in [0, 0.1) is 0 Å². The number of benzene rings is 2. The molecule has 0 aliphatic heterocycles. The lowest BCUT2D eigenvalue weighted by Crippen LogP contribution is -2.41. The molecule has 2 aromatic carbocycles. The molecule has 0 unspecified atom stereocenters. The number of rotatable bonds is 8. The molecule has 0 atom stereocenters. The number of methoxy groups -OCH3 is 1. The summed E-state index contributed by atoms with van der Waals surface area (Å²) < 4.78 is 5.13. The SMILES string of the molecule is CN=C(NCCNC(=O)c1cccc(OC)c1)NCc1ccc(C(=O)N(C)C)cc1.I. The first-order valence-corrected chi connectivity index (χ1v) is 9.62. The van der Waals surface area contributed by atoms with Gasteiger partial charge in [0.05, 0.1) is 7.11 Å². The summed E-state index contributed by atoms with van der Waals surface area (Å²) in [5.41, 5.74) is 2.23. The van der Waals surface area contributed by atoms with E-state index in [9.17, 15) is 9.59 Å². The number of aliphatic imine (C=N–C) groups is 1. The minimum atomic E-state index is -0.161. The summed E-state index contributed by atoms with van der Waals surface area (Å²) in [4.78, 5) is 29.8. The number of carbonyl (C=O) groups excluding carboxylic acids is 2. The van der Waals surface area contributed by atoms with Gasteiger partial charge in [0.2, 0.25) is 0 Å². The molecule has 8 nitrogen and oxygen atoms in total. The van der Waals surface area contributed by atoms with Gasteiger partial charge in [0.1, 0.15) is 5.75 Å². The number of amides is 2. The van der Waals surface area contributed by atoms with Gasteiger partial charge in [0.25, 0.3) is 11.8 Å². The van der Waals surface area contributed by atoms with Crippen LogP contribution in [-0.2, 0) is 6.54 Å². The van der Waals surface area contributed by atoms with Crippen LogP contribution >= 0.6 is 24.0 Å². The average molecular weight is 539 g/mol. The Labute approximate surface area is 200 Å². The van der Waals surface area contributed by atoms with Crippen LogP contribution in [-0.4, -0.2) is 64.0 Å². The normalized spacial score (nSPS) is 10.5. The number of halogens is 1. The van der Waals surface area contributed by atoms with Gasteiger partial charge in [-0.05, 0) is 35.9 Å². The van der Waals surface area contributed by atoms with E-state index >= 15 is 0 Å². The highest BCUT2D eigenvalue weighted by molar-refractivity contribution is 14.0. The zero-order valence-electron chi connectivity index (χ0n) is 18.3. The maximum absolute atomic E-state index is 12.2. The summed E-state index contributed by atoms with van der Waals surface area (Å²) in [5, 5.41) is 9.21. The first-order valence-electron chi connectivity index (χ1n) is 9.62. The smallest absolute Gasteiger partial charge is 0.253 e. The Kier molecular flexibility index (Phi) is 11.4. The third kappa shape index (κ3) is 8.44. The van der Waals surface area contributed by atoms with E-state index in [4.69, 9.17) is 4.74 Å². The highest BCUT2D eigenvalue weighted by Crippen LogP contribution is 2.12. The molecule has 2 amide bonds. The maximum atomic E-state index is 12.2. The van der Waals surface area contributed by atoms with Crippen molar-refractivity contribution in [1.29, 1.82) is 0 Å². The Morgan fingerprint density at radius 2 is 1.65 bits per heavy atom. The van der Waals surface area contributed by atoms with Crippen LogP contribution in [0.4, 0.5) is 0 Å². The molecule has 168 valence electrons. The first kappa shape index (κ1) is 26.2. The van der Waals surface area contributed by atoms with Gasteiger partial charge in [-0.25, -0.2) is 0 Å². The molecule has 2 aromatic rings. The lowest BCUT2D eigenvalue weighted by Gasteiger charge is -2.13. The Bertz CT molecular complexity index is 885. The number of carbonyl (C=O) groups is 2. The fraction of sp³-hybridized carbons (Fsp3) is 0.318. The molecule has 0 aliphatic rings. The lowest BCUT2D eigenvalue weighted by atomic mass is 10.1. The second-order valence-corrected chi connectivity index (χ2v) is 6.74. The molecule has 0 radical (unpaired) electrons. The summed E-state index contributed by atoms with van der Waals surface area (Å²) in [7, 11) is 6.71. The summed E-state index contributed by atoms with van der Waals surface area (Å²) in [6.45, 7) is 1.52. The quantitative estimate of drug-likeness (QED) is 0.207. The highest BCUT2D eigenvalue weighted by atomic mass is 127. The molecule has 0 fully saturated rings. The van der Waals surface area contributed by atoms with Gasteiger partial charge in [-0.3, -0.25) is 14.6 Å². The van der Waals surface area contributed by atoms with Crippen molar-refractivity contribution in [2.75, 3.05) is 41.3 Å². The van der Waals surface area contributed by atoms with Crippen molar-refractivity contribution in [3.8, 4) is 5.75 Å². The Balaban J connectivity index is 0.00000480. The van der Waals surface area contributed by atoms with Crippen LogP contribution in [0.25, 0.3) is 0 Å². The molecule has 0 aliphatic carbocycles. The van der Waals surface area contributed by atoms with E-state index in [-0.39, 0.29) is 35.8 Å². The second-order valence-electron chi connectivity index (χ2n) is 6.74. The van der Waals surface area contributed by atoms with Crippen LogP contribution in [0.5, 0.6) is 5.75 Å². The molecule has 0 saturated heterocycles. The number of ether oxygens (including phenoxy) is 1. The van der Waals surface area contributed by atoms with Crippen LogP contribution in [0.15, 0.2) is 53.5 Å². The Morgan fingerprint density at radius 1 is 0.968 bits per heavy atom. The summed E-state index contributed by atoms with van der Waals surface area (Å²) in [5.74, 6) is 1.08. The average Bonchev–Trinajstić information content (AvgIpc) is 2.78. The Hall–Kier alpha value is -2.82. The molecule has 2 rings (SSSR count). The third-order valence-corrected chi connectivity index (χ3v) is 4.33. The van der Waals surface area contributed by atoms with Crippen molar-refractivity contribution in [2.24, 2.45) is 4.99 Å². The van der Waals surface area contributed by atoms with Crippen molar-refractivity contribution in [3.63, 3.8) is 0 Å². The minimum absolute atomic E-state index is 0. The first-order chi connectivity index (χ1) is 14.4. The molecular weight excluding hydrogens is 509 g/mol. The molecule has 0 bridgehead atoms. The van der Waals surface area contributed by atoms with E-state index in [1.165, 1.54) is 0 Å². The van der Waals surface area contributed by atoms with Crippen molar-refractivity contribution >= 4 is 41.8 Å². The second kappa shape index (κ2) is 13.5. The van der Waals surface area contributed by atoms with E-state index in [1.54, 1.807) is 57.4 Å². The lowest BCUT2D eigenvalue weighted by molar-refractivity contribution is 0.0827. The monoisotopic (exact) mass is 539 g/mol. The number of nitrogens with one attached hydrogen (secondary N) is 3. The third-order valence-electron chi connectivity index (χ3n) is 4.33. The molecular formula is C22H30IN5O3. The molecule has 3 N–H and O–H groups in total. The zero-order chi connectivity index (χ0) is 21.9. The predicted molar refractivity (Wildman–Crippen MR) is 133 cm³/mol. The van der Waals surface area contributed by atoms with Gasteiger partial charge in [-0.2, -0.15) is 0 Å². The van der Waals surface area contributed by atoms with Crippen molar-refractivity contribution in [3.05, 3.63) is 65.2 Å². The van der Waals surface area contributed by atoms with Crippen LogP contribution in [0.3, 0.4) is 0 Å². The van der Waals surface area contributed by atoms with E-state index in [1.807, 2.05) is 24.3 Å². The summed E-state index contributed by atoms with van der Waals surface area (Å²) in [6.07, 6.45) is 0. The fourth-order valence-electron chi connectivity index (χ4n) is 2.65. The number of hydrogen-bond acceptors (Lipinski definition) is 4. The standard InChI is InChI=1S/C22H29N5O3.HI/c1-23-22(26-15-16-8-10-17(11-9-16)21(29)27(2)3)25-13-12-24-20(28)18-6-5-7-19(14-18)30-4;/h5-11,14H,12-13,15H2,1-4H3,(H,24,28)(H2,23,25,26);1H. The van der Waals surface area contributed by atoms with E-state index in [2.05, 4.69) is 20.9 Å². The molecule has 0 heterocycles. The topological polar surface area (TPSA) is 95.1 Å². The summed E-state index contributed by atoms with van der Waals surface area (Å²) in [6, 6.07) is 14.4. The van der Waals surface area contributed by atoms with Gasteiger partial charge in [-0.15, -0.1) is 24.0 Å². The molecule has 9 heteroatoms. The van der Waals surface area contributed by atoms with Gasteiger partial charge < -0.3 is 25.6 Å². The predicted octanol–water partition coefficient (Wildman–Crippen LogP) is 2.11. The van der Waals surface area contributed by atoms with E-state index in [0.717, 1.165) is 5.56 Å². The maximum Gasteiger partial charge on any atom is 0.253 e. The van der Waals surface area contributed by atoms with Crippen molar-refractivity contribution < 1.29 is 14.3 Å². The molecule has 31 heavy (non-hydrogen) atoms. The van der Waals surface area contributed by atoms with E-state index < -0.39 is 0 Å². The van der Waals surface area contributed by atoms with Gasteiger partial charge in [0, 0.05) is 51.9 Å².